The summed E-state index contributed by atoms with van der Waals surface area (Å²) in [6.07, 6.45) is 0.890. The van der Waals surface area contributed by atoms with Crippen LogP contribution >= 0.6 is 11.6 Å². The lowest BCUT2D eigenvalue weighted by Gasteiger charge is -2.28. The smallest absolute Gasteiger partial charge is 0.314 e. The number of hydrogen-bond acceptors (Lipinski definition) is 3. The van der Waals surface area contributed by atoms with E-state index in [9.17, 15) is 9.59 Å². The lowest BCUT2D eigenvalue weighted by molar-refractivity contribution is 0.314. The summed E-state index contributed by atoms with van der Waals surface area (Å²) in [5, 5.41) is 0.686. The van der Waals surface area contributed by atoms with Gasteiger partial charge in [-0.1, -0.05) is 23.7 Å². The third-order valence-corrected chi connectivity index (χ3v) is 4.82. The van der Waals surface area contributed by atoms with E-state index < -0.39 is 11.1 Å². The third kappa shape index (κ3) is 2.46. The second kappa shape index (κ2) is 5.61. The van der Waals surface area contributed by atoms with E-state index in [1.165, 1.54) is 5.56 Å². The molecule has 24 heavy (non-hydrogen) atoms. The molecule has 4 rings (SSSR count). The number of halogens is 1. The summed E-state index contributed by atoms with van der Waals surface area (Å²) in [5.41, 5.74) is 4.53. The molecule has 0 saturated heterocycles. The maximum atomic E-state index is 11.8. The van der Waals surface area contributed by atoms with E-state index in [0.717, 1.165) is 41.7 Å². The van der Waals surface area contributed by atoms with E-state index in [0.29, 0.717) is 10.5 Å². The van der Waals surface area contributed by atoms with Gasteiger partial charge >= 0.3 is 11.1 Å². The maximum Gasteiger partial charge on any atom is 0.314 e. The normalized spacial score (nSPS) is 14.8. The molecule has 0 radical (unpaired) electrons. The SMILES string of the molecule is CN1CCc2c(-c3ccc(Cl)cc3)cc3[nH]c(=O)c(=O)[nH]c3c2C1. The van der Waals surface area contributed by atoms with E-state index in [1.807, 2.05) is 37.4 Å². The Bertz CT molecular complexity index is 1050. The topological polar surface area (TPSA) is 69.0 Å². The molecule has 1 aliphatic heterocycles. The number of nitrogens with one attached hydrogen (secondary N) is 2. The second-order valence-corrected chi connectivity index (χ2v) is 6.64. The van der Waals surface area contributed by atoms with Gasteiger partial charge in [-0.15, -0.1) is 0 Å². The van der Waals surface area contributed by atoms with Crippen molar-refractivity contribution in [3.05, 3.63) is 67.2 Å². The average Bonchev–Trinajstić information content (AvgIpc) is 2.56. The minimum absolute atomic E-state index is 0.614. The highest BCUT2D eigenvalue weighted by molar-refractivity contribution is 6.30. The molecular weight excluding hydrogens is 326 g/mol. The molecule has 0 atom stereocenters. The van der Waals surface area contributed by atoms with Crippen LogP contribution in [0, 0.1) is 0 Å². The molecular formula is C18H16ClN3O2. The predicted octanol–water partition coefficient (Wildman–Crippen LogP) is 2.52. The molecule has 1 aliphatic rings. The van der Waals surface area contributed by atoms with Crippen LogP contribution in [0.15, 0.2) is 39.9 Å². The van der Waals surface area contributed by atoms with Gasteiger partial charge in [0.15, 0.2) is 0 Å². The van der Waals surface area contributed by atoms with Crippen LogP contribution in [0.4, 0.5) is 0 Å². The third-order valence-electron chi connectivity index (χ3n) is 4.57. The van der Waals surface area contributed by atoms with Gasteiger partial charge in [0.25, 0.3) is 0 Å². The second-order valence-electron chi connectivity index (χ2n) is 6.21. The molecule has 0 aliphatic carbocycles. The Hall–Kier alpha value is -2.37. The molecule has 2 heterocycles. The van der Waals surface area contributed by atoms with Crippen LogP contribution in [0.3, 0.4) is 0 Å². The largest absolute Gasteiger partial charge is 0.316 e. The van der Waals surface area contributed by atoms with Crippen LogP contribution in [-0.2, 0) is 13.0 Å². The molecule has 0 unspecified atom stereocenters. The summed E-state index contributed by atoms with van der Waals surface area (Å²) in [7, 11) is 2.05. The Morgan fingerprint density at radius 3 is 2.50 bits per heavy atom. The quantitative estimate of drug-likeness (QED) is 0.668. The molecule has 0 spiro atoms. The summed E-state index contributed by atoms with van der Waals surface area (Å²) in [6, 6.07) is 9.62. The van der Waals surface area contributed by atoms with Gasteiger partial charge in [-0.3, -0.25) is 9.59 Å². The van der Waals surface area contributed by atoms with Crippen LogP contribution < -0.4 is 11.1 Å². The van der Waals surface area contributed by atoms with Crippen molar-refractivity contribution in [3.63, 3.8) is 0 Å². The molecule has 122 valence electrons. The van der Waals surface area contributed by atoms with E-state index in [-0.39, 0.29) is 0 Å². The maximum absolute atomic E-state index is 11.8. The molecule has 0 fully saturated rings. The van der Waals surface area contributed by atoms with Gasteiger partial charge in [0.2, 0.25) is 0 Å². The zero-order chi connectivity index (χ0) is 16.8. The van der Waals surface area contributed by atoms with Crippen LogP contribution in [0.5, 0.6) is 0 Å². The van der Waals surface area contributed by atoms with Crippen molar-refractivity contribution < 1.29 is 0 Å². The fraction of sp³-hybridized carbons (Fsp3) is 0.222. The Labute approximate surface area is 142 Å². The van der Waals surface area contributed by atoms with Crippen molar-refractivity contribution >= 4 is 22.6 Å². The van der Waals surface area contributed by atoms with Gasteiger partial charge in [0.05, 0.1) is 11.0 Å². The van der Waals surface area contributed by atoms with E-state index in [4.69, 9.17) is 11.6 Å². The minimum atomic E-state index is -0.631. The fourth-order valence-corrected chi connectivity index (χ4v) is 3.50. The summed E-state index contributed by atoms with van der Waals surface area (Å²) < 4.78 is 0. The Morgan fingerprint density at radius 2 is 1.75 bits per heavy atom. The fourth-order valence-electron chi connectivity index (χ4n) is 3.37. The molecule has 6 heteroatoms. The monoisotopic (exact) mass is 341 g/mol. The number of fused-ring (bicyclic) bond motifs is 3. The highest BCUT2D eigenvalue weighted by atomic mass is 35.5. The first-order chi connectivity index (χ1) is 11.5. The van der Waals surface area contributed by atoms with Crippen molar-refractivity contribution in [2.75, 3.05) is 13.6 Å². The summed E-state index contributed by atoms with van der Waals surface area (Å²) >= 11 is 6.00. The average molecular weight is 342 g/mol. The van der Waals surface area contributed by atoms with Gasteiger partial charge in [0.1, 0.15) is 0 Å². The van der Waals surface area contributed by atoms with Gasteiger partial charge in [-0.2, -0.15) is 0 Å². The number of H-pyrrole nitrogens is 2. The van der Waals surface area contributed by atoms with Crippen LogP contribution in [0.1, 0.15) is 11.1 Å². The lowest BCUT2D eigenvalue weighted by Crippen LogP contribution is -2.32. The van der Waals surface area contributed by atoms with Crippen LogP contribution in [0.25, 0.3) is 22.2 Å². The summed E-state index contributed by atoms with van der Waals surface area (Å²) in [5.74, 6) is 0. The van der Waals surface area contributed by atoms with Crippen molar-refractivity contribution in [1.29, 1.82) is 0 Å². The predicted molar refractivity (Wildman–Crippen MR) is 95.7 cm³/mol. The van der Waals surface area contributed by atoms with Crippen molar-refractivity contribution in [3.8, 4) is 11.1 Å². The molecule has 0 bridgehead atoms. The molecule has 5 nitrogen and oxygen atoms in total. The van der Waals surface area contributed by atoms with Crippen LogP contribution in [0.2, 0.25) is 5.02 Å². The van der Waals surface area contributed by atoms with Crippen molar-refractivity contribution in [1.82, 2.24) is 14.9 Å². The van der Waals surface area contributed by atoms with E-state index >= 15 is 0 Å². The van der Waals surface area contributed by atoms with E-state index in [2.05, 4.69) is 14.9 Å². The Morgan fingerprint density at radius 1 is 1.04 bits per heavy atom. The molecule has 1 aromatic heterocycles. The minimum Gasteiger partial charge on any atom is -0.316 e. The van der Waals surface area contributed by atoms with Gasteiger partial charge in [-0.05, 0) is 53.9 Å². The number of aromatic nitrogens is 2. The van der Waals surface area contributed by atoms with Gasteiger partial charge in [0, 0.05) is 18.1 Å². The first-order valence-corrected chi connectivity index (χ1v) is 8.16. The number of nitrogens with zero attached hydrogens (tertiary/aromatic N) is 1. The van der Waals surface area contributed by atoms with Crippen molar-refractivity contribution in [2.24, 2.45) is 0 Å². The number of likely N-dealkylation sites (N-methyl/N-ethyl adjacent to an activating group) is 1. The summed E-state index contributed by atoms with van der Waals surface area (Å²) in [4.78, 5) is 31.1. The van der Waals surface area contributed by atoms with Crippen LogP contribution in [-0.4, -0.2) is 28.5 Å². The van der Waals surface area contributed by atoms with Gasteiger partial charge < -0.3 is 14.9 Å². The molecule has 0 amide bonds. The van der Waals surface area contributed by atoms with Gasteiger partial charge in [-0.25, -0.2) is 0 Å². The summed E-state index contributed by atoms with van der Waals surface area (Å²) in [6.45, 7) is 1.68. The molecule has 0 saturated carbocycles. The number of benzene rings is 2. The highest BCUT2D eigenvalue weighted by Gasteiger charge is 2.21. The molecule has 2 N–H and O–H groups in total. The zero-order valence-corrected chi connectivity index (χ0v) is 13.9. The van der Waals surface area contributed by atoms with E-state index in [1.54, 1.807) is 0 Å². The molecule has 3 aromatic rings. The first kappa shape index (κ1) is 15.2. The number of rotatable bonds is 1. The van der Waals surface area contributed by atoms with Crippen molar-refractivity contribution in [2.45, 2.75) is 13.0 Å². The highest BCUT2D eigenvalue weighted by Crippen LogP contribution is 2.34. The number of hydrogen-bond donors (Lipinski definition) is 2. The Kier molecular flexibility index (Phi) is 3.55. The molecule has 2 aromatic carbocycles. The number of aromatic amines is 2. The lowest BCUT2D eigenvalue weighted by atomic mass is 9.89. The standard InChI is InChI=1S/C18H16ClN3O2/c1-22-7-6-12-13(10-2-4-11(19)5-3-10)8-15-16(14(12)9-22)21-18(24)17(23)20-15/h2-5,8H,6-7,9H2,1H3,(H,20,23)(H,21,24). The Balaban J connectivity index is 2.07. The zero-order valence-electron chi connectivity index (χ0n) is 13.1. The first-order valence-electron chi connectivity index (χ1n) is 7.78.